The molecule has 36 heavy (non-hydrogen) atoms. The van der Waals surface area contributed by atoms with Crippen molar-refractivity contribution in [2.45, 2.75) is 4.90 Å². The van der Waals surface area contributed by atoms with Gasteiger partial charge in [0, 0.05) is 21.5 Å². The Kier molecular flexibility index (Phi) is 7.99. The van der Waals surface area contributed by atoms with E-state index < -0.39 is 11.9 Å². The van der Waals surface area contributed by atoms with Crippen molar-refractivity contribution >= 4 is 51.7 Å². The van der Waals surface area contributed by atoms with E-state index in [0.29, 0.717) is 10.8 Å². The summed E-state index contributed by atoms with van der Waals surface area (Å²) in [5.41, 5.74) is 2.18. The molecule has 3 N–H and O–H groups in total. The Morgan fingerprint density at radius 3 is 2.44 bits per heavy atom. The van der Waals surface area contributed by atoms with Gasteiger partial charge >= 0.3 is 5.97 Å². The fourth-order valence-electron chi connectivity index (χ4n) is 3.26. The van der Waals surface area contributed by atoms with Crippen LogP contribution in [0.2, 0.25) is 0 Å². The minimum absolute atomic E-state index is 0.0693. The molecule has 0 aliphatic rings. The Morgan fingerprint density at radius 1 is 0.972 bits per heavy atom. The molecule has 0 spiro atoms. The number of ether oxygens (including phenoxy) is 1. The van der Waals surface area contributed by atoms with Gasteiger partial charge in [-0.25, -0.2) is 9.78 Å². The summed E-state index contributed by atoms with van der Waals surface area (Å²) >= 11 is 2.65. The highest BCUT2D eigenvalue weighted by atomic mass is 32.2. The number of aromatic nitrogens is 1. The average Bonchev–Trinajstić information content (AvgIpc) is 3.36. The molecule has 4 rings (SSSR count). The van der Waals surface area contributed by atoms with Gasteiger partial charge < -0.3 is 20.5 Å². The van der Waals surface area contributed by atoms with Gasteiger partial charge in [0.05, 0.1) is 29.7 Å². The topological polar surface area (TPSA) is 118 Å². The van der Waals surface area contributed by atoms with E-state index in [1.54, 1.807) is 37.4 Å². The second-order valence-electron chi connectivity index (χ2n) is 7.44. The van der Waals surface area contributed by atoms with Crippen molar-refractivity contribution in [3.05, 3.63) is 89.3 Å². The molecule has 182 valence electrons. The van der Waals surface area contributed by atoms with Crippen LogP contribution < -0.4 is 15.4 Å². The molecule has 1 heterocycles. The molecule has 0 aliphatic heterocycles. The first-order valence-electron chi connectivity index (χ1n) is 10.7. The van der Waals surface area contributed by atoms with E-state index in [0.717, 1.165) is 21.9 Å². The van der Waals surface area contributed by atoms with E-state index in [1.165, 1.54) is 35.2 Å². The average molecular weight is 520 g/mol. The van der Waals surface area contributed by atoms with Crippen LogP contribution >= 0.6 is 23.1 Å². The zero-order valence-corrected chi connectivity index (χ0v) is 20.7. The van der Waals surface area contributed by atoms with Crippen molar-refractivity contribution in [3.63, 3.8) is 0 Å². The predicted molar refractivity (Wildman–Crippen MR) is 141 cm³/mol. The zero-order valence-electron chi connectivity index (χ0n) is 19.1. The molecule has 0 bridgehead atoms. The SMILES string of the molecule is COc1ccc(-c2csc(NC(=O)CSc3cccc(NC(=O)c4ccccc4C(=O)O)c3)n2)cc1. The molecular formula is C26H21N3O5S2. The summed E-state index contributed by atoms with van der Waals surface area (Å²) < 4.78 is 5.17. The molecule has 0 unspecified atom stereocenters. The number of thioether (sulfide) groups is 1. The van der Waals surface area contributed by atoms with Gasteiger partial charge in [-0.1, -0.05) is 18.2 Å². The van der Waals surface area contributed by atoms with Crippen molar-refractivity contribution in [1.29, 1.82) is 0 Å². The smallest absolute Gasteiger partial charge is 0.336 e. The number of amides is 2. The lowest BCUT2D eigenvalue weighted by molar-refractivity contribution is -0.113. The van der Waals surface area contributed by atoms with Crippen LogP contribution in [0, 0.1) is 0 Å². The third kappa shape index (κ3) is 6.29. The van der Waals surface area contributed by atoms with Gasteiger partial charge in [0.15, 0.2) is 5.13 Å². The van der Waals surface area contributed by atoms with Gasteiger partial charge in [-0.3, -0.25) is 9.59 Å². The Bertz CT molecular complexity index is 1400. The minimum Gasteiger partial charge on any atom is -0.497 e. The Labute approximate surface area is 215 Å². The number of thiazole rings is 1. The molecule has 0 aliphatic carbocycles. The van der Waals surface area contributed by atoms with Crippen LogP contribution in [-0.2, 0) is 4.79 Å². The van der Waals surface area contributed by atoms with Gasteiger partial charge in [0.1, 0.15) is 5.75 Å². The summed E-state index contributed by atoms with van der Waals surface area (Å²) in [7, 11) is 1.61. The summed E-state index contributed by atoms with van der Waals surface area (Å²) in [6.07, 6.45) is 0. The monoisotopic (exact) mass is 519 g/mol. The van der Waals surface area contributed by atoms with Crippen LogP contribution in [0.15, 0.2) is 83.1 Å². The molecule has 3 aromatic carbocycles. The zero-order chi connectivity index (χ0) is 25.5. The fraction of sp³-hybridized carbons (Fsp3) is 0.0769. The number of aromatic carboxylic acids is 1. The maximum atomic E-state index is 12.6. The fourth-order valence-corrected chi connectivity index (χ4v) is 4.75. The van der Waals surface area contributed by atoms with E-state index in [1.807, 2.05) is 35.7 Å². The lowest BCUT2D eigenvalue weighted by Crippen LogP contribution is -2.16. The van der Waals surface area contributed by atoms with Crippen LogP contribution in [0.1, 0.15) is 20.7 Å². The van der Waals surface area contributed by atoms with Crippen LogP contribution in [0.4, 0.5) is 10.8 Å². The van der Waals surface area contributed by atoms with Crippen LogP contribution in [-0.4, -0.2) is 40.7 Å². The van der Waals surface area contributed by atoms with Crippen LogP contribution in [0.3, 0.4) is 0 Å². The van der Waals surface area contributed by atoms with Gasteiger partial charge in [-0.2, -0.15) is 0 Å². The summed E-state index contributed by atoms with van der Waals surface area (Å²) in [6, 6.07) is 20.5. The summed E-state index contributed by atoms with van der Waals surface area (Å²) in [5.74, 6) is -0.998. The second kappa shape index (κ2) is 11.5. The first-order valence-corrected chi connectivity index (χ1v) is 12.6. The predicted octanol–water partition coefficient (Wildman–Crippen LogP) is 5.50. The number of methoxy groups -OCH3 is 1. The minimum atomic E-state index is -1.17. The maximum Gasteiger partial charge on any atom is 0.336 e. The van der Waals surface area contributed by atoms with Crippen molar-refractivity contribution < 1.29 is 24.2 Å². The normalized spacial score (nSPS) is 10.5. The molecule has 4 aromatic rings. The number of hydrogen-bond acceptors (Lipinski definition) is 7. The molecule has 0 saturated heterocycles. The number of rotatable bonds is 9. The van der Waals surface area contributed by atoms with Crippen molar-refractivity contribution in [2.24, 2.45) is 0 Å². The maximum absolute atomic E-state index is 12.6. The molecule has 10 heteroatoms. The highest BCUT2D eigenvalue weighted by molar-refractivity contribution is 8.00. The number of nitrogens with zero attached hydrogens (tertiary/aromatic N) is 1. The van der Waals surface area contributed by atoms with Crippen molar-refractivity contribution in [3.8, 4) is 17.0 Å². The standard InChI is InChI=1S/C26H21N3O5S2/c1-34-18-11-9-16(10-12-18)22-14-36-26(28-22)29-23(30)15-35-19-6-4-5-17(13-19)27-24(31)20-7-2-3-8-21(20)25(32)33/h2-14H,15H2,1H3,(H,27,31)(H,32,33)(H,28,29,30). The summed E-state index contributed by atoms with van der Waals surface area (Å²) in [6.45, 7) is 0. The number of carbonyl (C=O) groups is 3. The Hall–Kier alpha value is -4.15. The van der Waals surface area contributed by atoms with Gasteiger partial charge in [0.2, 0.25) is 5.91 Å². The number of nitrogens with one attached hydrogen (secondary N) is 2. The number of benzene rings is 3. The Balaban J connectivity index is 1.33. The quantitative estimate of drug-likeness (QED) is 0.250. The number of anilines is 2. The first-order chi connectivity index (χ1) is 17.4. The number of carbonyl (C=O) groups excluding carboxylic acids is 2. The highest BCUT2D eigenvalue weighted by Crippen LogP contribution is 2.27. The van der Waals surface area contributed by atoms with E-state index in [2.05, 4.69) is 15.6 Å². The largest absolute Gasteiger partial charge is 0.497 e. The molecule has 8 nitrogen and oxygen atoms in total. The van der Waals surface area contributed by atoms with Gasteiger partial charge in [-0.15, -0.1) is 23.1 Å². The number of hydrogen-bond donors (Lipinski definition) is 3. The molecular weight excluding hydrogens is 498 g/mol. The lowest BCUT2D eigenvalue weighted by Gasteiger charge is -2.09. The van der Waals surface area contributed by atoms with Crippen molar-refractivity contribution in [2.75, 3.05) is 23.5 Å². The second-order valence-corrected chi connectivity index (χ2v) is 9.34. The van der Waals surface area contributed by atoms with E-state index in [4.69, 9.17) is 4.74 Å². The van der Waals surface area contributed by atoms with Crippen LogP contribution in [0.25, 0.3) is 11.3 Å². The number of carboxylic acids is 1. The molecule has 0 radical (unpaired) electrons. The van der Waals surface area contributed by atoms with E-state index in [-0.39, 0.29) is 22.8 Å². The van der Waals surface area contributed by atoms with Crippen molar-refractivity contribution in [1.82, 2.24) is 4.98 Å². The van der Waals surface area contributed by atoms with Gasteiger partial charge in [0.25, 0.3) is 5.91 Å². The summed E-state index contributed by atoms with van der Waals surface area (Å²) in [5, 5.41) is 17.2. The van der Waals surface area contributed by atoms with E-state index in [9.17, 15) is 19.5 Å². The Morgan fingerprint density at radius 2 is 1.72 bits per heavy atom. The molecule has 0 fully saturated rings. The molecule has 2 amide bonds. The van der Waals surface area contributed by atoms with Crippen LogP contribution in [0.5, 0.6) is 5.75 Å². The lowest BCUT2D eigenvalue weighted by atomic mass is 10.1. The third-order valence-corrected chi connectivity index (χ3v) is 6.75. The van der Waals surface area contributed by atoms with E-state index >= 15 is 0 Å². The highest BCUT2D eigenvalue weighted by Gasteiger charge is 2.16. The number of carboxylic acid groups (broad SMARTS) is 1. The first kappa shape index (κ1) is 25.0. The summed E-state index contributed by atoms with van der Waals surface area (Å²) in [4.78, 5) is 41.7. The van der Waals surface area contributed by atoms with Gasteiger partial charge in [-0.05, 0) is 54.6 Å². The third-order valence-electron chi connectivity index (χ3n) is 5.00. The molecule has 0 saturated carbocycles. The molecule has 0 atom stereocenters. The molecule has 1 aromatic heterocycles.